The molecule has 3 aromatic rings. The zero-order valence-electron chi connectivity index (χ0n) is 18.1. The fourth-order valence-electron chi connectivity index (χ4n) is 3.97. The zero-order valence-corrected chi connectivity index (χ0v) is 18.1. The lowest BCUT2D eigenvalue weighted by Crippen LogP contribution is -2.34. The minimum Gasteiger partial charge on any atom is -0.490 e. The smallest absolute Gasteiger partial charge is 0.251 e. The van der Waals surface area contributed by atoms with Crippen LogP contribution in [-0.4, -0.2) is 37.0 Å². The molecule has 2 amide bonds. The summed E-state index contributed by atoms with van der Waals surface area (Å²) in [4.78, 5) is 24.7. The fourth-order valence-corrected chi connectivity index (χ4v) is 3.97. The zero-order chi connectivity index (χ0) is 22.3. The predicted octanol–water partition coefficient (Wildman–Crippen LogP) is 3.65. The summed E-state index contributed by atoms with van der Waals surface area (Å²) >= 11 is 0. The van der Waals surface area contributed by atoms with Crippen LogP contribution >= 0.6 is 0 Å². The Bertz CT molecular complexity index is 1070. The second kappa shape index (κ2) is 10.3. The molecule has 3 aromatic carbocycles. The van der Waals surface area contributed by atoms with Gasteiger partial charge in [-0.05, 0) is 72.9 Å². The van der Waals surface area contributed by atoms with Gasteiger partial charge in [0.15, 0.2) is 0 Å². The molecular formula is C26H29N3O3. The van der Waals surface area contributed by atoms with Crippen molar-refractivity contribution >= 4 is 22.6 Å². The Kier molecular flexibility index (Phi) is 7.02. The lowest BCUT2D eigenvalue weighted by atomic mass is 9.94. The van der Waals surface area contributed by atoms with Gasteiger partial charge in [-0.15, -0.1) is 0 Å². The molecule has 1 saturated carbocycles. The Hall–Kier alpha value is -3.38. The molecule has 0 aromatic heterocycles. The van der Waals surface area contributed by atoms with Crippen molar-refractivity contribution < 1.29 is 14.3 Å². The quantitative estimate of drug-likeness (QED) is 0.498. The Labute approximate surface area is 188 Å². The molecular weight excluding hydrogens is 402 g/mol. The van der Waals surface area contributed by atoms with E-state index in [9.17, 15) is 9.59 Å². The third-order valence-electron chi connectivity index (χ3n) is 5.85. The van der Waals surface area contributed by atoms with E-state index in [2.05, 4.69) is 10.6 Å². The number of benzene rings is 3. The van der Waals surface area contributed by atoms with E-state index in [4.69, 9.17) is 10.5 Å². The molecule has 0 bridgehead atoms. The Morgan fingerprint density at radius 2 is 1.38 bits per heavy atom. The van der Waals surface area contributed by atoms with Crippen LogP contribution < -0.4 is 21.1 Å². The van der Waals surface area contributed by atoms with Crippen molar-refractivity contribution in [3.05, 3.63) is 77.9 Å². The maximum absolute atomic E-state index is 12.4. The number of carbonyl (C=O) groups excluding carboxylic acids is 2. The van der Waals surface area contributed by atoms with E-state index in [1.54, 1.807) is 12.1 Å². The van der Waals surface area contributed by atoms with Gasteiger partial charge in [0.1, 0.15) is 5.75 Å². The van der Waals surface area contributed by atoms with Crippen molar-refractivity contribution in [2.75, 3.05) is 13.1 Å². The average molecular weight is 432 g/mol. The maximum Gasteiger partial charge on any atom is 0.251 e. The van der Waals surface area contributed by atoms with Gasteiger partial charge >= 0.3 is 0 Å². The molecule has 166 valence electrons. The maximum atomic E-state index is 12.4. The molecule has 6 nitrogen and oxygen atoms in total. The van der Waals surface area contributed by atoms with Crippen molar-refractivity contribution in [3.8, 4) is 5.75 Å². The van der Waals surface area contributed by atoms with Crippen molar-refractivity contribution in [1.29, 1.82) is 0 Å². The summed E-state index contributed by atoms with van der Waals surface area (Å²) in [5.74, 6) is 0.431. The number of hydrogen-bond acceptors (Lipinski definition) is 4. The van der Waals surface area contributed by atoms with E-state index in [-0.39, 0.29) is 17.9 Å². The van der Waals surface area contributed by atoms with Crippen LogP contribution in [0.2, 0.25) is 0 Å². The van der Waals surface area contributed by atoms with Crippen LogP contribution in [0.3, 0.4) is 0 Å². The molecule has 0 saturated heterocycles. The molecule has 6 heteroatoms. The minimum absolute atomic E-state index is 0.157. The number of nitrogens with one attached hydrogen (secondary N) is 2. The minimum atomic E-state index is -0.180. The third-order valence-corrected chi connectivity index (χ3v) is 5.85. The number of amides is 2. The molecule has 0 heterocycles. The van der Waals surface area contributed by atoms with Crippen LogP contribution in [0.15, 0.2) is 66.7 Å². The molecule has 0 spiro atoms. The van der Waals surface area contributed by atoms with Gasteiger partial charge in [0.25, 0.3) is 11.8 Å². The fraction of sp³-hybridized carbons (Fsp3) is 0.308. The lowest BCUT2D eigenvalue weighted by Gasteiger charge is -2.26. The van der Waals surface area contributed by atoms with Crippen LogP contribution in [0.5, 0.6) is 5.75 Å². The SMILES string of the molecule is NC1CCC(Oc2ccc(C(=O)NCCNC(=O)c3ccc4ccccc4c3)cc2)CC1. The molecule has 4 N–H and O–H groups in total. The third kappa shape index (κ3) is 5.65. The number of ether oxygens (including phenoxy) is 1. The molecule has 0 aliphatic heterocycles. The summed E-state index contributed by atoms with van der Waals surface area (Å²) in [5, 5.41) is 7.79. The van der Waals surface area contributed by atoms with Crippen molar-refractivity contribution in [2.45, 2.75) is 37.8 Å². The van der Waals surface area contributed by atoms with Crippen LogP contribution in [0.25, 0.3) is 10.8 Å². The molecule has 0 radical (unpaired) electrons. The van der Waals surface area contributed by atoms with E-state index < -0.39 is 0 Å². The van der Waals surface area contributed by atoms with Gasteiger partial charge in [0.05, 0.1) is 6.10 Å². The van der Waals surface area contributed by atoms with Gasteiger partial charge in [-0.3, -0.25) is 9.59 Å². The first-order valence-electron chi connectivity index (χ1n) is 11.2. The summed E-state index contributed by atoms with van der Waals surface area (Å²) < 4.78 is 6.00. The van der Waals surface area contributed by atoms with Crippen LogP contribution in [0.1, 0.15) is 46.4 Å². The normalized spacial score (nSPS) is 18.2. The summed E-state index contributed by atoms with van der Waals surface area (Å²) in [7, 11) is 0. The second-order valence-corrected chi connectivity index (χ2v) is 8.25. The standard InChI is InChI=1S/C26H29N3O3/c27-22-9-13-24(14-10-22)32-23-11-7-19(8-12-23)25(30)28-15-16-29-26(31)21-6-5-18-3-1-2-4-20(18)17-21/h1-8,11-12,17,22,24H,9-10,13-16,27H2,(H,28,30)(H,29,31). The highest BCUT2D eigenvalue weighted by Crippen LogP contribution is 2.23. The molecule has 4 rings (SSSR count). The molecule has 1 aliphatic carbocycles. The molecule has 0 atom stereocenters. The monoisotopic (exact) mass is 431 g/mol. The summed E-state index contributed by atoms with van der Waals surface area (Å²) in [5.41, 5.74) is 7.10. The Balaban J connectivity index is 1.21. The number of carbonyl (C=O) groups is 2. The first kappa shape index (κ1) is 21.8. The number of nitrogens with two attached hydrogens (primary N) is 1. The van der Waals surface area contributed by atoms with E-state index in [1.807, 2.05) is 54.6 Å². The Morgan fingerprint density at radius 3 is 2.06 bits per heavy atom. The van der Waals surface area contributed by atoms with E-state index in [0.717, 1.165) is 42.2 Å². The van der Waals surface area contributed by atoms with Crippen LogP contribution in [0.4, 0.5) is 0 Å². The summed E-state index contributed by atoms with van der Waals surface area (Å²) in [6.07, 6.45) is 4.11. The van der Waals surface area contributed by atoms with Gasteiger partial charge in [-0.25, -0.2) is 0 Å². The van der Waals surface area contributed by atoms with Crippen molar-refractivity contribution in [1.82, 2.24) is 10.6 Å². The number of fused-ring (bicyclic) bond motifs is 1. The van der Waals surface area contributed by atoms with Crippen molar-refractivity contribution in [3.63, 3.8) is 0 Å². The highest BCUT2D eigenvalue weighted by Gasteiger charge is 2.19. The van der Waals surface area contributed by atoms with E-state index in [1.165, 1.54) is 0 Å². The van der Waals surface area contributed by atoms with Gasteiger partial charge in [0, 0.05) is 30.3 Å². The average Bonchev–Trinajstić information content (AvgIpc) is 2.83. The molecule has 32 heavy (non-hydrogen) atoms. The molecule has 1 aliphatic rings. The lowest BCUT2D eigenvalue weighted by molar-refractivity contribution is 0.0927. The predicted molar refractivity (Wildman–Crippen MR) is 126 cm³/mol. The largest absolute Gasteiger partial charge is 0.490 e. The topological polar surface area (TPSA) is 93.4 Å². The second-order valence-electron chi connectivity index (χ2n) is 8.25. The summed E-state index contributed by atoms with van der Waals surface area (Å²) in [6.45, 7) is 0.696. The van der Waals surface area contributed by atoms with Gasteiger partial charge in [-0.2, -0.15) is 0 Å². The number of rotatable bonds is 7. The van der Waals surface area contributed by atoms with Gasteiger partial charge < -0.3 is 21.1 Å². The van der Waals surface area contributed by atoms with Gasteiger partial charge in [0.2, 0.25) is 0 Å². The highest BCUT2D eigenvalue weighted by atomic mass is 16.5. The van der Waals surface area contributed by atoms with Crippen LogP contribution in [-0.2, 0) is 0 Å². The summed E-state index contributed by atoms with van der Waals surface area (Å²) in [6, 6.07) is 21.0. The van der Waals surface area contributed by atoms with E-state index >= 15 is 0 Å². The Morgan fingerprint density at radius 1 is 0.781 bits per heavy atom. The number of hydrogen-bond donors (Lipinski definition) is 3. The highest BCUT2D eigenvalue weighted by molar-refractivity contribution is 5.98. The van der Waals surface area contributed by atoms with Crippen LogP contribution in [0, 0.1) is 0 Å². The first-order valence-corrected chi connectivity index (χ1v) is 11.2. The first-order chi connectivity index (χ1) is 15.6. The van der Waals surface area contributed by atoms with Crippen molar-refractivity contribution in [2.24, 2.45) is 5.73 Å². The van der Waals surface area contributed by atoms with Gasteiger partial charge in [-0.1, -0.05) is 30.3 Å². The molecule has 1 fully saturated rings. The van der Waals surface area contributed by atoms with E-state index in [0.29, 0.717) is 30.3 Å². The molecule has 0 unspecified atom stereocenters.